The molecule has 0 saturated carbocycles. The van der Waals surface area contributed by atoms with Gasteiger partial charge in [0.05, 0.1) is 12.8 Å². The molecule has 7 nitrogen and oxygen atoms in total. The van der Waals surface area contributed by atoms with E-state index in [0.29, 0.717) is 18.1 Å². The Hall–Kier alpha value is -4.20. The van der Waals surface area contributed by atoms with Crippen molar-refractivity contribution < 1.29 is 23.5 Å². The zero-order valence-corrected chi connectivity index (χ0v) is 19.8. The summed E-state index contributed by atoms with van der Waals surface area (Å²) in [5, 5.41) is 6.42. The molecular formula is C28H28FN3O4. The lowest BCUT2D eigenvalue weighted by atomic mass is 9.92. The van der Waals surface area contributed by atoms with Gasteiger partial charge >= 0.3 is 0 Å². The summed E-state index contributed by atoms with van der Waals surface area (Å²) in [6, 6.07) is 19.2. The number of amides is 2. The zero-order chi connectivity index (χ0) is 25.2. The summed E-state index contributed by atoms with van der Waals surface area (Å²) in [5.74, 6) is 0.190. The largest absolute Gasteiger partial charge is 0.489 e. The van der Waals surface area contributed by atoms with E-state index < -0.39 is 5.91 Å². The smallest absolute Gasteiger partial charge is 0.259 e. The van der Waals surface area contributed by atoms with Crippen molar-refractivity contribution in [1.82, 2.24) is 10.7 Å². The fourth-order valence-electron chi connectivity index (χ4n) is 3.79. The second kappa shape index (κ2) is 12.5. The minimum absolute atomic E-state index is 0.162. The first-order chi connectivity index (χ1) is 17.5. The van der Waals surface area contributed by atoms with Crippen molar-refractivity contribution in [3.05, 3.63) is 94.8 Å². The average Bonchev–Trinajstić information content (AvgIpc) is 2.91. The molecule has 3 aromatic rings. The molecule has 36 heavy (non-hydrogen) atoms. The molecule has 186 valence electrons. The SMILES string of the molecule is O=C(COc1ccc2c(c1)CCCC2)NCC(=O)N/N=C/c1ccc(OCc2ccc(F)cc2)cc1. The molecule has 0 spiro atoms. The van der Waals surface area contributed by atoms with Gasteiger partial charge in [-0.1, -0.05) is 18.2 Å². The molecule has 0 fully saturated rings. The second-order valence-electron chi connectivity index (χ2n) is 8.48. The molecule has 0 aromatic heterocycles. The number of benzene rings is 3. The van der Waals surface area contributed by atoms with Crippen LogP contribution in [-0.2, 0) is 29.0 Å². The van der Waals surface area contributed by atoms with Crippen molar-refractivity contribution in [1.29, 1.82) is 0 Å². The van der Waals surface area contributed by atoms with Crippen molar-refractivity contribution in [3.63, 3.8) is 0 Å². The van der Waals surface area contributed by atoms with Gasteiger partial charge in [0, 0.05) is 0 Å². The van der Waals surface area contributed by atoms with E-state index in [4.69, 9.17) is 9.47 Å². The lowest BCUT2D eigenvalue weighted by Gasteiger charge is -2.16. The van der Waals surface area contributed by atoms with Gasteiger partial charge in [-0.05, 0) is 96.5 Å². The number of rotatable bonds is 10. The van der Waals surface area contributed by atoms with E-state index in [1.165, 1.54) is 42.3 Å². The molecule has 0 radical (unpaired) electrons. The first-order valence-electron chi connectivity index (χ1n) is 11.9. The summed E-state index contributed by atoms with van der Waals surface area (Å²) >= 11 is 0. The van der Waals surface area contributed by atoms with E-state index in [2.05, 4.69) is 21.9 Å². The monoisotopic (exact) mass is 489 g/mol. The van der Waals surface area contributed by atoms with Gasteiger partial charge in [-0.3, -0.25) is 9.59 Å². The van der Waals surface area contributed by atoms with Crippen LogP contribution in [0.25, 0.3) is 0 Å². The van der Waals surface area contributed by atoms with E-state index in [1.54, 1.807) is 36.4 Å². The van der Waals surface area contributed by atoms with E-state index in [9.17, 15) is 14.0 Å². The van der Waals surface area contributed by atoms with Crippen molar-refractivity contribution >= 4 is 18.0 Å². The zero-order valence-electron chi connectivity index (χ0n) is 19.8. The van der Waals surface area contributed by atoms with Crippen LogP contribution in [0.15, 0.2) is 71.8 Å². The molecule has 3 aromatic carbocycles. The van der Waals surface area contributed by atoms with Gasteiger partial charge in [0.2, 0.25) is 0 Å². The van der Waals surface area contributed by atoms with Crippen LogP contribution < -0.4 is 20.2 Å². The molecule has 0 atom stereocenters. The van der Waals surface area contributed by atoms with Crippen LogP contribution in [0.2, 0.25) is 0 Å². The molecule has 0 heterocycles. The quantitative estimate of drug-likeness (QED) is 0.334. The predicted octanol–water partition coefficient (Wildman–Crippen LogP) is 3.93. The summed E-state index contributed by atoms with van der Waals surface area (Å²) in [7, 11) is 0. The number of nitrogens with one attached hydrogen (secondary N) is 2. The average molecular weight is 490 g/mol. The highest BCUT2D eigenvalue weighted by atomic mass is 19.1. The molecule has 8 heteroatoms. The third kappa shape index (κ3) is 7.66. The minimum atomic E-state index is -0.451. The molecule has 0 aliphatic heterocycles. The van der Waals surface area contributed by atoms with Crippen LogP contribution in [-0.4, -0.2) is 31.2 Å². The molecule has 0 saturated heterocycles. The summed E-state index contributed by atoms with van der Waals surface area (Å²) in [6.07, 6.45) is 6.00. The third-order valence-corrected chi connectivity index (χ3v) is 5.74. The third-order valence-electron chi connectivity index (χ3n) is 5.74. The van der Waals surface area contributed by atoms with Gasteiger partial charge < -0.3 is 14.8 Å². The van der Waals surface area contributed by atoms with Gasteiger partial charge in [-0.25, -0.2) is 9.82 Å². The predicted molar refractivity (Wildman–Crippen MR) is 134 cm³/mol. The van der Waals surface area contributed by atoms with Crippen LogP contribution in [0.4, 0.5) is 4.39 Å². The van der Waals surface area contributed by atoms with E-state index in [-0.39, 0.29) is 24.9 Å². The Bertz CT molecular complexity index is 1210. The number of hydrogen-bond donors (Lipinski definition) is 2. The highest BCUT2D eigenvalue weighted by Crippen LogP contribution is 2.25. The van der Waals surface area contributed by atoms with Gasteiger partial charge in [0.1, 0.15) is 23.9 Å². The van der Waals surface area contributed by atoms with Crippen LogP contribution in [0.5, 0.6) is 11.5 Å². The Morgan fingerprint density at radius 3 is 2.36 bits per heavy atom. The highest BCUT2D eigenvalue weighted by molar-refractivity contribution is 5.86. The Morgan fingerprint density at radius 1 is 0.861 bits per heavy atom. The molecule has 1 aliphatic rings. The Labute approximate surface area is 209 Å². The lowest BCUT2D eigenvalue weighted by Crippen LogP contribution is -2.37. The van der Waals surface area contributed by atoms with Gasteiger partial charge in [0.15, 0.2) is 6.61 Å². The maximum Gasteiger partial charge on any atom is 0.259 e. The minimum Gasteiger partial charge on any atom is -0.489 e. The number of carbonyl (C=O) groups is 2. The second-order valence-corrected chi connectivity index (χ2v) is 8.48. The number of hydrogen-bond acceptors (Lipinski definition) is 5. The van der Waals surface area contributed by atoms with Crippen LogP contribution in [0.3, 0.4) is 0 Å². The summed E-state index contributed by atoms with van der Waals surface area (Å²) in [4.78, 5) is 24.0. The molecule has 1 aliphatic carbocycles. The summed E-state index contributed by atoms with van der Waals surface area (Å²) < 4.78 is 24.2. The molecule has 0 unspecified atom stereocenters. The topological polar surface area (TPSA) is 89.0 Å². The lowest BCUT2D eigenvalue weighted by molar-refractivity contribution is -0.127. The van der Waals surface area contributed by atoms with E-state index in [1.807, 2.05) is 12.1 Å². The fourth-order valence-corrected chi connectivity index (χ4v) is 3.79. The molecule has 0 bridgehead atoms. The van der Waals surface area contributed by atoms with E-state index in [0.717, 1.165) is 24.0 Å². The maximum atomic E-state index is 13.0. The van der Waals surface area contributed by atoms with Crippen molar-refractivity contribution in [2.45, 2.75) is 32.3 Å². The Kier molecular flexibility index (Phi) is 8.64. The fraction of sp³-hybridized carbons (Fsp3) is 0.250. The number of carbonyl (C=O) groups excluding carboxylic acids is 2. The number of fused-ring (bicyclic) bond motifs is 1. The highest BCUT2D eigenvalue weighted by Gasteiger charge is 2.11. The maximum absolute atomic E-state index is 13.0. The standard InChI is InChI=1S/C28H28FN3O4/c29-24-10-5-21(6-11-24)18-35-25-12-7-20(8-13-25)16-31-32-27(33)17-30-28(34)19-36-26-14-9-22-3-1-2-4-23(22)15-26/h5-16H,1-4,17-19H2,(H,30,34)(H,32,33)/b31-16+. The Balaban J connectivity index is 1.13. The first-order valence-corrected chi connectivity index (χ1v) is 11.9. The molecular weight excluding hydrogens is 461 g/mol. The molecule has 2 N–H and O–H groups in total. The first kappa shape index (κ1) is 24.9. The van der Waals surface area contributed by atoms with Crippen molar-refractivity contribution in [3.8, 4) is 11.5 Å². The summed E-state index contributed by atoms with van der Waals surface area (Å²) in [5.41, 5.74) is 6.62. The number of aryl methyl sites for hydroxylation is 2. The van der Waals surface area contributed by atoms with E-state index >= 15 is 0 Å². The van der Waals surface area contributed by atoms with Crippen LogP contribution in [0, 0.1) is 5.82 Å². The summed E-state index contributed by atoms with van der Waals surface area (Å²) in [6.45, 7) is -0.0430. The Morgan fingerprint density at radius 2 is 1.58 bits per heavy atom. The number of halogens is 1. The van der Waals surface area contributed by atoms with Crippen molar-refractivity contribution in [2.75, 3.05) is 13.2 Å². The van der Waals surface area contributed by atoms with Crippen LogP contribution >= 0.6 is 0 Å². The van der Waals surface area contributed by atoms with Gasteiger partial charge in [0.25, 0.3) is 11.8 Å². The van der Waals surface area contributed by atoms with Gasteiger partial charge in [-0.2, -0.15) is 5.10 Å². The number of hydrazone groups is 1. The number of nitrogens with zero attached hydrogens (tertiary/aromatic N) is 1. The molecule has 2 amide bonds. The molecule has 4 rings (SSSR count). The normalized spacial score (nSPS) is 12.6. The van der Waals surface area contributed by atoms with Gasteiger partial charge in [-0.15, -0.1) is 0 Å². The van der Waals surface area contributed by atoms with Crippen molar-refractivity contribution in [2.24, 2.45) is 5.10 Å². The van der Waals surface area contributed by atoms with Crippen LogP contribution in [0.1, 0.15) is 35.1 Å². The number of ether oxygens (including phenoxy) is 2.